The van der Waals surface area contributed by atoms with Crippen LogP contribution in [0.5, 0.6) is 11.5 Å². The van der Waals surface area contributed by atoms with Crippen molar-refractivity contribution < 1.29 is 24.2 Å². The van der Waals surface area contributed by atoms with Crippen LogP contribution >= 0.6 is 35.6 Å². The summed E-state index contributed by atoms with van der Waals surface area (Å²) in [4.78, 5) is 25.5. The first-order valence-corrected chi connectivity index (χ1v) is 11.1. The summed E-state index contributed by atoms with van der Waals surface area (Å²) in [6.45, 7) is 4.84. The second-order valence-electron chi connectivity index (χ2n) is 6.48. The van der Waals surface area contributed by atoms with Gasteiger partial charge in [-0.1, -0.05) is 47.7 Å². The zero-order valence-corrected chi connectivity index (χ0v) is 19.3. The molecule has 1 fully saturated rings. The number of thiocarbonyl (C=S) groups is 1. The fraction of sp³-hybridized carbons (Fsp3) is 0.227. The van der Waals surface area contributed by atoms with Crippen LogP contribution < -0.4 is 9.47 Å². The van der Waals surface area contributed by atoms with Crippen molar-refractivity contribution in [3.8, 4) is 11.5 Å². The van der Waals surface area contributed by atoms with E-state index in [0.29, 0.717) is 44.5 Å². The molecule has 0 saturated carbocycles. The van der Waals surface area contributed by atoms with Crippen molar-refractivity contribution in [1.82, 2.24) is 4.90 Å². The third kappa shape index (κ3) is 5.39. The van der Waals surface area contributed by atoms with Crippen LogP contribution in [0.25, 0.3) is 6.08 Å². The zero-order chi connectivity index (χ0) is 22.5. The first-order chi connectivity index (χ1) is 14.8. The topological polar surface area (TPSA) is 76.1 Å². The third-order valence-electron chi connectivity index (χ3n) is 4.40. The molecule has 0 bridgehead atoms. The van der Waals surface area contributed by atoms with Gasteiger partial charge >= 0.3 is 5.97 Å². The summed E-state index contributed by atoms with van der Waals surface area (Å²) in [5, 5.41) is 9.34. The van der Waals surface area contributed by atoms with Crippen LogP contribution in [0.3, 0.4) is 0 Å². The summed E-state index contributed by atoms with van der Waals surface area (Å²) in [5.74, 6) is -0.282. The van der Waals surface area contributed by atoms with Crippen LogP contribution in [0.15, 0.2) is 41.3 Å². The predicted molar refractivity (Wildman–Crippen MR) is 126 cm³/mol. The number of likely N-dealkylation sites (N-methyl/N-ethyl adjacent to an activating group) is 1. The summed E-state index contributed by atoms with van der Waals surface area (Å²) in [6.07, 6.45) is 1.73. The van der Waals surface area contributed by atoms with Gasteiger partial charge in [0.1, 0.15) is 10.9 Å². The van der Waals surface area contributed by atoms with Crippen molar-refractivity contribution in [2.75, 3.05) is 13.2 Å². The molecule has 6 nitrogen and oxygen atoms in total. The minimum Gasteiger partial charge on any atom is -0.490 e. The molecule has 31 heavy (non-hydrogen) atoms. The Morgan fingerprint density at radius 3 is 2.52 bits per heavy atom. The Balaban J connectivity index is 1.83. The second kappa shape index (κ2) is 10.2. The van der Waals surface area contributed by atoms with Gasteiger partial charge < -0.3 is 14.6 Å². The lowest BCUT2D eigenvalue weighted by atomic mass is 10.1. The molecule has 1 N–H and O–H groups in total. The summed E-state index contributed by atoms with van der Waals surface area (Å²) >= 11 is 13.0. The van der Waals surface area contributed by atoms with Crippen molar-refractivity contribution >= 4 is 57.9 Å². The molecular formula is C22H20ClNO5S2. The normalized spacial score (nSPS) is 14.9. The molecule has 2 aromatic carbocycles. The Hall–Kier alpha value is -2.55. The van der Waals surface area contributed by atoms with Crippen molar-refractivity contribution in [2.24, 2.45) is 0 Å². The molecule has 162 valence electrons. The number of carboxylic acid groups (broad SMARTS) is 1. The molecule has 1 saturated heterocycles. The maximum atomic E-state index is 12.5. The number of halogens is 1. The average Bonchev–Trinajstić information content (AvgIpc) is 3.00. The van der Waals surface area contributed by atoms with Gasteiger partial charge in [0.2, 0.25) is 0 Å². The van der Waals surface area contributed by atoms with Crippen molar-refractivity contribution in [3.05, 3.63) is 63.0 Å². The number of benzene rings is 2. The van der Waals surface area contributed by atoms with Gasteiger partial charge in [-0.15, -0.1) is 0 Å². The van der Waals surface area contributed by atoms with E-state index in [1.165, 1.54) is 23.9 Å². The lowest BCUT2D eigenvalue weighted by molar-refractivity contribution is -0.121. The van der Waals surface area contributed by atoms with E-state index < -0.39 is 5.97 Å². The Labute approximate surface area is 194 Å². The maximum absolute atomic E-state index is 12.5. The van der Waals surface area contributed by atoms with E-state index >= 15 is 0 Å². The smallest absolute Gasteiger partial charge is 0.335 e. The number of carboxylic acids is 1. The van der Waals surface area contributed by atoms with E-state index in [9.17, 15) is 9.59 Å². The lowest BCUT2D eigenvalue weighted by Gasteiger charge is -2.15. The maximum Gasteiger partial charge on any atom is 0.335 e. The molecule has 1 heterocycles. The minimum absolute atomic E-state index is 0.128. The second-order valence-corrected chi connectivity index (χ2v) is 8.56. The van der Waals surface area contributed by atoms with Gasteiger partial charge in [-0.3, -0.25) is 9.69 Å². The number of rotatable bonds is 8. The number of thioether (sulfide) groups is 1. The number of aromatic carboxylic acids is 1. The first kappa shape index (κ1) is 23.1. The monoisotopic (exact) mass is 477 g/mol. The zero-order valence-electron chi connectivity index (χ0n) is 16.9. The van der Waals surface area contributed by atoms with Crippen molar-refractivity contribution in [1.29, 1.82) is 0 Å². The fourth-order valence-corrected chi connectivity index (χ4v) is 4.56. The first-order valence-electron chi connectivity index (χ1n) is 9.50. The van der Waals surface area contributed by atoms with Crippen LogP contribution in [0.2, 0.25) is 5.02 Å². The van der Waals surface area contributed by atoms with Crippen LogP contribution in [0.4, 0.5) is 0 Å². The molecule has 0 aromatic heterocycles. The summed E-state index contributed by atoms with van der Waals surface area (Å²) in [6, 6.07) is 9.86. The molecule has 2 aromatic rings. The highest BCUT2D eigenvalue weighted by molar-refractivity contribution is 8.26. The lowest BCUT2D eigenvalue weighted by Crippen LogP contribution is -2.27. The summed E-state index contributed by atoms with van der Waals surface area (Å²) in [7, 11) is 0. The van der Waals surface area contributed by atoms with Gasteiger partial charge in [-0.2, -0.15) is 0 Å². The number of ether oxygens (including phenoxy) is 2. The average molecular weight is 478 g/mol. The summed E-state index contributed by atoms with van der Waals surface area (Å²) in [5.41, 5.74) is 1.69. The van der Waals surface area contributed by atoms with Gasteiger partial charge in [-0.25, -0.2) is 4.79 Å². The molecule has 1 aliphatic heterocycles. The standard InChI is InChI=1S/C22H20ClNO5S2/c1-3-24-20(25)18(31-22(24)30)11-14-9-16(23)19(17(10-14)28-4-2)29-12-13-5-7-15(8-6-13)21(26)27/h5-11H,3-4,12H2,1-2H3,(H,26,27)/b18-11-. The number of nitrogens with zero attached hydrogens (tertiary/aromatic N) is 1. The highest BCUT2D eigenvalue weighted by Gasteiger charge is 2.30. The highest BCUT2D eigenvalue weighted by atomic mass is 35.5. The van der Waals surface area contributed by atoms with Crippen molar-refractivity contribution in [3.63, 3.8) is 0 Å². The molecule has 0 radical (unpaired) electrons. The Bertz CT molecular complexity index is 1050. The molecule has 1 amide bonds. The van der Waals surface area contributed by atoms with Gasteiger partial charge in [0.05, 0.1) is 22.1 Å². The van der Waals surface area contributed by atoms with Gasteiger partial charge in [0.25, 0.3) is 5.91 Å². The van der Waals surface area contributed by atoms with E-state index in [4.69, 9.17) is 38.4 Å². The highest BCUT2D eigenvalue weighted by Crippen LogP contribution is 2.39. The van der Waals surface area contributed by atoms with Crippen LogP contribution in [0, 0.1) is 0 Å². The molecular weight excluding hydrogens is 458 g/mol. The number of carbonyl (C=O) groups is 2. The number of hydrogen-bond acceptors (Lipinski definition) is 6. The molecule has 9 heteroatoms. The molecule has 3 rings (SSSR count). The number of carbonyl (C=O) groups excluding carboxylic acids is 1. The van der Waals surface area contributed by atoms with Crippen molar-refractivity contribution in [2.45, 2.75) is 20.5 Å². The molecule has 0 atom stereocenters. The number of hydrogen-bond donors (Lipinski definition) is 1. The van der Waals surface area contributed by atoms with Gasteiger partial charge in [0.15, 0.2) is 11.5 Å². The minimum atomic E-state index is -0.986. The van der Waals surface area contributed by atoms with E-state index in [-0.39, 0.29) is 18.1 Å². The van der Waals surface area contributed by atoms with Crippen LogP contribution in [0.1, 0.15) is 35.3 Å². The van der Waals surface area contributed by atoms with Crippen LogP contribution in [-0.4, -0.2) is 39.4 Å². The fourth-order valence-electron chi connectivity index (χ4n) is 2.90. The van der Waals surface area contributed by atoms with E-state index in [1.54, 1.807) is 35.2 Å². The Morgan fingerprint density at radius 2 is 1.94 bits per heavy atom. The Kier molecular flexibility index (Phi) is 7.59. The number of amides is 1. The van der Waals surface area contributed by atoms with E-state index in [0.717, 1.165) is 5.56 Å². The molecule has 0 spiro atoms. The SMILES string of the molecule is CCOc1cc(/C=C2\SC(=S)N(CC)C2=O)cc(Cl)c1OCc1ccc(C(=O)O)cc1. The molecule has 0 aliphatic carbocycles. The Morgan fingerprint density at radius 1 is 1.23 bits per heavy atom. The molecule has 0 unspecified atom stereocenters. The largest absolute Gasteiger partial charge is 0.490 e. The van der Waals surface area contributed by atoms with E-state index in [1.807, 2.05) is 13.8 Å². The predicted octanol–water partition coefficient (Wildman–Crippen LogP) is 5.24. The van der Waals surface area contributed by atoms with Gasteiger partial charge in [-0.05, 0) is 55.3 Å². The molecule has 1 aliphatic rings. The summed E-state index contributed by atoms with van der Waals surface area (Å²) < 4.78 is 12.1. The van der Waals surface area contributed by atoms with E-state index in [2.05, 4.69) is 0 Å². The van der Waals surface area contributed by atoms with Crippen LogP contribution in [-0.2, 0) is 11.4 Å². The van der Waals surface area contributed by atoms with Gasteiger partial charge in [0, 0.05) is 6.54 Å². The third-order valence-corrected chi connectivity index (χ3v) is 6.06. The quantitative estimate of drug-likeness (QED) is 0.411.